The molecule has 0 spiro atoms. The van der Waals surface area contributed by atoms with Crippen LogP contribution in [0.15, 0.2) is 12.2 Å². The van der Waals surface area contributed by atoms with Gasteiger partial charge in [-0.25, -0.2) is 4.98 Å². The molecule has 1 heterocycles. The van der Waals surface area contributed by atoms with E-state index in [-0.39, 0.29) is 5.91 Å². The maximum absolute atomic E-state index is 11.1. The lowest BCUT2D eigenvalue weighted by atomic mass is 10.4. The number of thiazole rings is 1. The third kappa shape index (κ3) is 2.96. The van der Waals surface area contributed by atoms with E-state index in [1.54, 1.807) is 17.4 Å². The van der Waals surface area contributed by atoms with Gasteiger partial charge in [0.2, 0.25) is 5.91 Å². The second kappa shape index (κ2) is 4.91. The summed E-state index contributed by atoms with van der Waals surface area (Å²) < 4.78 is 0. The van der Waals surface area contributed by atoms with Crippen molar-refractivity contribution in [1.82, 2.24) is 10.3 Å². The zero-order valence-electron chi connectivity index (χ0n) is 8.63. The van der Waals surface area contributed by atoms with Crippen LogP contribution < -0.4 is 5.32 Å². The summed E-state index contributed by atoms with van der Waals surface area (Å²) in [6, 6.07) is 0. The van der Waals surface area contributed by atoms with Gasteiger partial charge in [0, 0.05) is 4.88 Å². The van der Waals surface area contributed by atoms with E-state index in [0.29, 0.717) is 6.54 Å². The normalized spacial score (nSPS) is 10.8. The minimum atomic E-state index is -0.0575. The first-order chi connectivity index (χ1) is 6.63. The first-order valence-electron chi connectivity index (χ1n) is 4.47. The number of hydrogen-bond donors (Lipinski definition) is 1. The van der Waals surface area contributed by atoms with Crippen molar-refractivity contribution in [2.24, 2.45) is 0 Å². The van der Waals surface area contributed by atoms with E-state index in [2.05, 4.69) is 10.3 Å². The van der Waals surface area contributed by atoms with Crippen LogP contribution in [0.4, 0.5) is 0 Å². The molecule has 3 nitrogen and oxygen atoms in total. The molecule has 0 bridgehead atoms. The van der Waals surface area contributed by atoms with E-state index in [9.17, 15) is 4.79 Å². The van der Waals surface area contributed by atoms with Crippen LogP contribution in [0.1, 0.15) is 22.5 Å². The fraction of sp³-hybridized carbons (Fsp3) is 0.400. The Morgan fingerprint density at radius 3 is 2.79 bits per heavy atom. The third-order valence-corrected chi connectivity index (χ3v) is 2.81. The van der Waals surface area contributed by atoms with E-state index >= 15 is 0 Å². The predicted octanol–water partition coefficient (Wildman–Crippen LogP) is 1.95. The highest BCUT2D eigenvalue weighted by molar-refractivity contribution is 7.11. The highest BCUT2D eigenvalue weighted by Gasteiger charge is 2.04. The van der Waals surface area contributed by atoms with Gasteiger partial charge in [-0.3, -0.25) is 4.79 Å². The molecule has 1 rings (SSSR count). The minimum absolute atomic E-state index is 0.0575. The number of nitrogens with zero attached hydrogens (tertiary/aromatic N) is 1. The molecule has 0 saturated carbocycles. The molecule has 0 aromatic carbocycles. The van der Waals surface area contributed by atoms with Crippen molar-refractivity contribution in [1.29, 1.82) is 0 Å². The van der Waals surface area contributed by atoms with Crippen LogP contribution in [0, 0.1) is 13.8 Å². The molecule has 4 heteroatoms. The Morgan fingerprint density at radius 2 is 2.29 bits per heavy atom. The van der Waals surface area contributed by atoms with E-state index in [0.717, 1.165) is 15.6 Å². The Morgan fingerprint density at radius 1 is 1.57 bits per heavy atom. The number of rotatable bonds is 3. The van der Waals surface area contributed by atoms with Gasteiger partial charge in [0.05, 0.1) is 17.2 Å². The summed E-state index contributed by atoms with van der Waals surface area (Å²) in [5, 5.41) is 3.84. The highest BCUT2D eigenvalue weighted by Crippen LogP contribution is 2.16. The number of carbonyl (C=O) groups is 1. The smallest absolute Gasteiger partial charge is 0.243 e. The Labute approximate surface area is 87.9 Å². The van der Waals surface area contributed by atoms with Crippen molar-refractivity contribution >= 4 is 17.2 Å². The molecule has 0 aliphatic carbocycles. The van der Waals surface area contributed by atoms with Gasteiger partial charge in [-0.15, -0.1) is 11.3 Å². The van der Waals surface area contributed by atoms with Crippen molar-refractivity contribution in [3.63, 3.8) is 0 Å². The molecule has 0 unspecified atom stereocenters. The van der Waals surface area contributed by atoms with Gasteiger partial charge in [-0.1, -0.05) is 6.08 Å². The summed E-state index contributed by atoms with van der Waals surface area (Å²) >= 11 is 1.62. The molecule has 0 atom stereocenters. The summed E-state index contributed by atoms with van der Waals surface area (Å²) in [6.45, 7) is 6.32. The Balaban J connectivity index is 2.53. The fourth-order valence-electron chi connectivity index (χ4n) is 1.12. The maximum Gasteiger partial charge on any atom is 0.243 e. The molecule has 0 fully saturated rings. The topological polar surface area (TPSA) is 42.0 Å². The van der Waals surface area contributed by atoms with Gasteiger partial charge < -0.3 is 5.32 Å². The number of hydrogen-bond acceptors (Lipinski definition) is 3. The van der Waals surface area contributed by atoms with Gasteiger partial charge in [0.25, 0.3) is 0 Å². The Hall–Kier alpha value is -1.16. The molecular weight excluding hydrogens is 196 g/mol. The molecule has 1 N–H and O–H groups in total. The molecule has 1 aromatic rings. The van der Waals surface area contributed by atoms with Crippen molar-refractivity contribution < 1.29 is 4.79 Å². The van der Waals surface area contributed by atoms with Gasteiger partial charge in [0.1, 0.15) is 0 Å². The van der Waals surface area contributed by atoms with Crippen molar-refractivity contribution in [3.05, 3.63) is 27.7 Å². The van der Waals surface area contributed by atoms with Crippen LogP contribution in [-0.4, -0.2) is 10.9 Å². The zero-order chi connectivity index (χ0) is 10.6. The standard InChI is InChI=1S/C10H14N2OS/c1-4-5-10(13)11-6-9-7(2)12-8(3)14-9/h4-5H,6H2,1-3H3,(H,11,13)/b5-4+. The summed E-state index contributed by atoms with van der Waals surface area (Å²) in [6.07, 6.45) is 3.24. The first-order valence-corrected chi connectivity index (χ1v) is 5.28. The Bertz CT molecular complexity index is 355. The van der Waals surface area contributed by atoms with Gasteiger partial charge in [0.15, 0.2) is 0 Å². The quantitative estimate of drug-likeness (QED) is 0.775. The highest BCUT2D eigenvalue weighted by atomic mass is 32.1. The number of carbonyl (C=O) groups excluding carboxylic acids is 1. The number of aryl methyl sites for hydroxylation is 2. The molecule has 14 heavy (non-hydrogen) atoms. The predicted molar refractivity (Wildman–Crippen MR) is 58.2 cm³/mol. The average molecular weight is 210 g/mol. The molecule has 0 saturated heterocycles. The lowest BCUT2D eigenvalue weighted by molar-refractivity contribution is -0.116. The minimum Gasteiger partial charge on any atom is -0.348 e. The Kier molecular flexibility index (Phi) is 3.83. The molecule has 0 radical (unpaired) electrons. The fourth-order valence-corrected chi connectivity index (χ4v) is 1.99. The first kappa shape index (κ1) is 10.9. The lowest BCUT2D eigenvalue weighted by Crippen LogP contribution is -2.19. The molecule has 0 aliphatic heterocycles. The van der Waals surface area contributed by atoms with Crippen LogP contribution in [0.2, 0.25) is 0 Å². The largest absolute Gasteiger partial charge is 0.348 e. The van der Waals surface area contributed by atoms with Gasteiger partial charge in [-0.05, 0) is 26.8 Å². The van der Waals surface area contributed by atoms with Crippen LogP contribution in [-0.2, 0) is 11.3 Å². The second-order valence-electron chi connectivity index (χ2n) is 2.96. The monoisotopic (exact) mass is 210 g/mol. The number of nitrogens with one attached hydrogen (secondary N) is 1. The van der Waals surface area contributed by atoms with Gasteiger partial charge >= 0.3 is 0 Å². The van der Waals surface area contributed by atoms with E-state index in [4.69, 9.17) is 0 Å². The van der Waals surface area contributed by atoms with Crippen LogP contribution in [0.5, 0.6) is 0 Å². The molecule has 1 aromatic heterocycles. The van der Waals surface area contributed by atoms with Crippen LogP contribution >= 0.6 is 11.3 Å². The maximum atomic E-state index is 11.1. The number of aromatic nitrogens is 1. The molecule has 1 amide bonds. The SMILES string of the molecule is C/C=C/C(=O)NCc1sc(C)nc1C. The third-order valence-electron chi connectivity index (χ3n) is 1.74. The van der Waals surface area contributed by atoms with Crippen LogP contribution in [0.3, 0.4) is 0 Å². The van der Waals surface area contributed by atoms with Crippen molar-refractivity contribution in [2.75, 3.05) is 0 Å². The summed E-state index contributed by atoms with van der Waals surface area (Å²) in [7, 11) is 0. The molecule has 76 valence electrons. The van der Waals surface area contributed by atoms with E-state index in [1.807, 2.05) is 20.8 Å². The zero-order valence-corrected chi connectivity index (χ0v) is 9.44. The molecule has 0 aliphatic rings. The lowest BCUT2D eigenvalue weighted by Gasteiger charge is -1.99. The second-order valence-corrected chi connectivity index (χ2v) is 4.25. The van der Waals surface area contributed by atoms with Crippen molar-refractivity contribution in [2.45, 2.75) is 27.3 Å². The number of allylic oxidation sites excluding steroid dienone is 1. The van der Waals surface area contributed by atoms with E-state index < -0.39 is 0 Å². The summed E-state index contributed by atoms with van der Waals surface area (Å²) in [4.78, 5) is 16.5. The number of amides is 1. The van der Waals surface area contributed by atoms with Gasteiger partial charge in [-0.2, -0.15) is 0 Å². The molecular formula is C10H14N2OS. The van der Waals surface area contributed by atoms with E-state index in [1.165, 1.54) is 6.08 Å². The van der Waals surface area contributed by atoms with Crippen molar-refractivity contribution in [3.8, 4) is 0 Å². The summed E-state index contributed by atoms with van der Waals surface area (Å²) in [5.74, 6) is -0.0575. The van der Waals surface area contributed by atoms with Crippen LogP contribution in [0.25, 0.3) is 0 Å². The summed E-state index contributed by atoms with van der Waals surface area (Å²) in [5.41, 5.74) is 1.01. The average Bonchev–Trinajstić information content (AvgIpc) is 2.42.